The van der Waals surface area contributed by atoms with Gasteiger partial charge in [-0.05, 0) is 17.5 Å². The van der Waals surface area contributed by atoms with Crippen LogP contribution >= 0.6 is 0 Å². The fourth-order valence-electron chi connectivity index (χ4n) is 2.44. The Kier molecular flexibility index (Phi) is 4.29. The number of nitrogens with zero attached hydrogens (tertiary/aromatic N) is 2. The Morgan fingerprint density at radius 3 is 2.84 bits per heavy atom. The van der Waals surface area contributed by atoms with E-state index in [1.165, 1.54) is 7.41 Å². The Balaban J connectivity index is 2.20. The molecule has 0 fully saturated rings. The van der Waals surface area contributed by atoms with Crippen LogP contribution in [0.5, 0.6) is 0 Å². The van der Waals surface area contributed by atoms with Gasteiger partial charge in [0.25, 0.3) is 7.41 Å². The molecule has 19 heavy (non-hydrogen) atoms. The third-order valence-electron chi connectivity index (χ3n) is 3.36. The molecule has 7 heteroatoms. The van der Waals surface area contributed by atoms with Gasteiger partial charge >= 0.3 is 0 Å². The molecular formula is C12H14BN2O4. The molecule has 1 aliphatic rings. The van der Waals surface area contributed by atoms with E-state index in [1.54, 1.807) is 4.81 Å². The molecule has 0 bridgehead atoms. The Bertz CT molecular complexity index is 483. The van der Waals surface area contributed by atoms with Crippen LogP contribution in [0.4, 0.5) is 0 Å². The van der Waals surface area contributed by atoms with E-state index < -0.39 is 23.6 Å². The summed E-state index contributed by atoms with van der Waals surface area (Å²) in [6.07, 6.45) is 0.0366. The van der Waals surface area contributed by atoms with E-state index in [2.05, 4.69) is 0 Å². The summed E-state index contributed by atoms with van der Waals surface area (Å²) in [4.78, 5) is 22.3. The number of benzene rings is 1. The monoisotopic (exact) mass is 261 g/mol. The van der Waals surface area contributed by atoms with Crippen LogP contribution in [-0.4, -0.2) is 47.1 Å². The van der Waals surface area contributed by atoms with E-state index in [-0.39, 0.29) is 0 Å². The van der Waals surface area contributed by atoms with Gasteiger partial charge in [0.05, 0.1) is 6.19 Å². The number of hydrogen-bond acceptors (Lipinski definition) is 5. The lowest BCUT2D eigenvalue weighted by atomic mass is 9.82. The summed E-state index contributed by atoms with van der Waals surface area (Å²) in [6.45, 7) is -0.0373. The summed E-state index contributed by atoms with van der Waals surface area (Å²) < 4.78 is 0. The number of rotatable bonds is 5. The van der Waals surface area contributed by atoms with Crippen molar-refractivity contribution in [3.05, 3.63) is 45.5 Å². The lowest BCUT2D eigenvalue weighted by molar-refractivity contribution is -0.491. The fourth-order valence-corrected chi connectivity index (χ4v) is 2.44. The Morgan fingerprint density at radius 1 is 1.53 bits per heavy atom. The highest BCUT2D eigenvalue weighted by Gasteiger charge is 2.33. The minimum absolute atomic E-state index is 0.439. The normalized spacial score (nSPS) is 20.4. The third kappa shape index (κ3) is 3.18. The van der Waals surface area contributed by atoms with Crippen LogP contribution in [0.15, 0.2) is 24.3 Å². The highest BCUT2D eigenvalue weighted by molar-refractivity contribution is 6.64. The van der Waals surface area contributed by atoms with Gasteiger partial charge in [0.2, 0.25) is 6.54 Å². The molecule has 0 saturated heterocycles. The van der Waals surface area contributed by atoms with Crippen LogP contribution in [0, 0.1) is 10.1 Å². The molecule has 0 amide bonds. The van der Waals surface area contributed by atoms with Crippen molar-refractivity contribution in [2.45, 2.75) is 25.1 Å². The van der Waals surface area contributed by atoms with Gasteiger partial charge in [0.1, 0.15) is 6.10 Å². The molecule has 1 N–H and O–H groups in total. The van der Waals surface area contributed by atoms with Crippen LogP contribution in [0.2, 0.25) is 0 Å². The number of nitro groups is 1. The first kappa shape index (κ1) is 13.7. The maximum Gasteiger partial charge on any atom is 0.293 e. The largest absolute Gasteiger partial charge is 0.385 e. The minimum atomic E-state index is -1.10. The van der Waals surface area contributed by atoms with Crippen molar-refractivity contribution >= 4 is 13.6 Å². The zero-order valence-corrected chi connectivity index (χ0v) is 10.3. The van der Waals surface area contributed by atoms with E-state index in [4.69, 9.17) is 0 Å². The molecule has 0 aromatic heterocycles. The van der Waals surface area contributed by atoms with Gasteiger partial charge < -0.3 is 14.7 Å². The first-order chi connectivity index (χ1) is 9.11. The Labute approximate surface area is 111 Å². The number of carbonyl (C=O) groups excluding carboxylic acids is 1. The summed E-state index contributed by atoms with van der Waals surface area (Å²) in [6, 6.07) is 7.27. The van der Waals surface area contributed by atoms with E-state index in [0.717, 1.165) is 11.1 Å². The molecule has 0 saturated carbocycles. The minimum Gasteiger partial charge on any atom is -0.385 e. The Hall–Kier alpha value is -1.73. The zero-order valence-electron chi connectivity index (χ0n) is 10.3. The van der Waals surface area contributed by atoms with E-state index in [1.807, 2.05) is 24.3 Å². The molecule has 2 rings (SSSR count). The number of fused-ring (bicyclic) bond motifs is 1. The first-order valence-corrected chi connectivity index (χ1v) is 6.03. The molecule has 1 aliphatic heterocycles. The average Bonchev–Trinajstić information content (AvgIpc) is 2.37. The molecule has 2 atom stereocenters. The van der Waals surface area contributed by atoms with Gasteiger partial charge in [-0.3, -0.25) is 10.1 Å². The second-order valence-corrected chi connectivity index (χ2v) is 4.58. The number of carbonyl (C=O) groups is 1. The molecule has 1 heterocycles. The quantitative estimate of drug-likeness (QED) is 0.345. The Morgan fingerprint density at radius 2 is 2.21 bits per heavy atom. The topological polar surface area (TPSA) is 83.7 Å². The molecule has 1 aromatic rings. The van der Waals surface area contributed by atoms with E-state index >= 15 is 0 Å². The first-order valence-electron chi connectivity index (χ1n) is 6.03. The van der Waals surface area contributed by atoms with Gasteiger partial charge in [0.15, 0.2) is 0 Å². The van der Waals surface area contributed by atoms with Crippen molar-refractivity contribution in [1.82, 2.24) is 4.81 Å². The molecule has 1 radical (unpaired) electrons. The van der Waals surface area contributed by atoms with Crippen molar-refractivity contribution in [3.63, 3.8) is 0 Å². The number of hydrogen-bond donors (Lipinski definition) is 1. The third-order valence-corrected chi connectivity index (χ3v) is 3.36. The summed E-state index contributed by atoms with van der Waals surface area (Å²) in [5.74, 6) is 0. The van der Waals surface area contributed by atoms with E-state index in [0.29, 0.717) is 19.2 Å². The van der Waals surface area contributed by atoms with Crippen LogP contribution in [0.25, 0.3) is 0 Å². The van der Waals surface area contributed by atoms with Gasteiger partial charge in [-0.1, -0.05) is 24.3 Å². The lowest BCUT2D eigenvalue weighted by Gasteiger charge is -2.37. The van der Waals surface area contributed by atoms with Gasteiger partial charge in [-0.15, -0.1) is 0 Å². The summed E-state index contributed by atoms with van der Waals surface area (Å²) in [5, 5.41) is 20.5. The fraction of sp³-hybridized carbons (Fsp3) is 0.417. The second-order valence-electron chi connectivity index (χ2n) is 4.58. The SMILES string of the molecule is O=C[B]N1Cc2ccccc2C[C@H]1[C@@H](O)C[N+](=O)[O-]. The highest BCUT2D eigenvalue weighted by atomic mass is 16.6. The molecule has 0 unspecified atom stereocenters. The number of aliphatic hydroxyl groups excluding tert-OH is 1. The van der Waals surface area contributed by atoms with Crippen LogP contribution in [0.3, 0.4) is 0 Å². The van der Waals surface area contributed by atoms with Crippen molar-refractivity contribution in [2.24, 2.45) is 0 Å². The average molecular weight is 261 g/mol. The van der Waals surface area contributed by atoms with Crippen molar-refractivity contribution in [1.29, 1.82) is 0 Å². The van der Waals surface area contributed by atoms with Crippen molar-refractivity contribution in [3.8, 4) is 0 Å². The summed E-state index contributed by atoms with van der Waals surface area (Å²) >= 11 is 0. The summed E-state index contributed by atoms with van der Waals surface area (Å²) in [7, 11) is 1.34. The molecule has 0 aliphatic carbocycles. The maximum atomic E-state index is 10.7. The van der Waals surface area contributed by atoms with Crippen LogP contribution in [-0.2, 0) is 17.8 Å². The predicted molar refractivity (Wildman–Crippen MR) is 69.8 cm³/mol. The molecule has 6 nitrogen and oxygen atoms in total. The van der Waals surface area contributed by atoms with Crippen LogP contribution < -0.4 is 0 Å². The highest BCUT2D eigenvalue weighted by Crippen LogP contribution is 2.24. The van der Waals surface area contributed by atoms with Crippen molar-refractivity contribution in [2.75, 3.05) is 6.54 Å². The predicted octanol–water partition coefficient (Wildman–Crippen LogP) is -0.140. The van der Waals surface area contributed by atoms with Crippen LogP contribution in [0.1, 0.15) is 11.1 Å². The molecule has 1 aromatic carbocycles. The van der Waals surface area contributed by atoms with Crippen molar-refractivity contribution < 1.29 is 14.8 Å². The molecule has 99 valence electrons. The number of aliphatic hydroxyl groups is 1. The zero-order chi connectivity index (χ0) is 13.8. The maximum absolute atomic E-state index is 10.7. The standard InChI is InChI=1S/C12H14BN2O4/c16-8-13-14-6-10-4-2-1-3-9(10)5-11(14)12(17)7-15(18)19/h1-4,8,11-12,17H,5-7H2/t11-,12-/m0/s1. The van der Waals surface area contributed by atoms with Gasteiger partial charge in [-0.25, -0.2) is 0 Å². The molecule has 0 spiro atoms. The molecular weight excluding hydrogens is 247 g/mol. The summed E-state index contributed by atoms with van der Waals surface area (Å²) in [5.41, 5.74) is 2.13. The second kappa shape index (κ2) is 5.94. The van der Waals surface area contributed by atoms with Gasteiger partial charge in [0, 0.05) is 17.5 Å². The lowest BCUT2D eigenvalue weighted by Crippen LogP contribution is -2.51. The smallest absolute Gasteiger partial charge is 0.293 e. The van der Waals surface area contributed by atoms with E-state index in [9.17, 15) is 20.0 Å². The van der Waals surface area contributed by atoms with Gasteiger partial charge in [-0.2, -0.15) is 0 Å².